The van der Waals surface area contributed by atoms with Crippen molar-refractivity contribution in [3.63, 3.8) is 0 Å². The molecule has 2 aliphatic heterocycles. The van der Waals surface area contributed by atoms with Crippen molar-refractivity contribution in [2.24, 2.45) is 15.0 Å². The molecule has 190 valence electrons. The average Bonchev–Trinajstić information content (AvgIpc) is 2.83. The number of nitrogens with one attached hydrogen (secondary N) is 1. The average molecular weight is 464 g/mol. The van der Waals surface area contributed by atoms with Crippen LogP contribution in [0.3, 0.4) is 0 Å². The Morgan fingerprint density at radius 3 is 1.79 bits per heavy atom. The first kappa shape index (κ1) is 27.7. The molecule has 2 aliphatic rings. The molecular formula is C24H49N9. The second-order valence-electron chi connectivity index (χ2n) is 9.52. The largest absolute Gasteiger partial charge is 0.338 e. The molecule has 9 nitrogen and oxygen atoms in total. The summed E-state index contributed by atoms with van der Waals surface area (Å²) in [5, 5.41) is 3.24. The van der Waals surface area contributed by atoms with Crippen LogP contribution in [0.1, 0.15) is 34.6 Å². The maximum Gasteiger partial charge on any atom is 0.228 e. The van der Waals surface area contributed by atoms with Crippen molar-refractivity contribution in [2.75, 3.05) is 92.1 Å². The number of rotatable bonds is 9. The van der Waals surface area contributed by atoms with Gasteiger partial charge in [0, 0.05) is 84.1 Å². The predicted octanol–water partition coefficient (Wildman–Crippen LogP) is 0.992. The molecule has 2 fully saturated rings. The van der Waals surface area contributed by atoms with Crippen LogP contribution in [0.5, 0.6) is 0 Å². The molecule has 0 amide bonds. The van der Waals surface area contributed by atoms with Gasteiger partial charge in [-0.15, -0.1) is 0 Å². The van der Waals surface area contributed by atoms with E-state index in [9.17, 15) is 0 Å². The minimum Gasteiger partial charge on any atom is -0.338 e. The molecule has 0 aromatic heterocycles. The smallest absolute Gasteiger partial charge is 0.228 e. The Morgan fingerprint density at radius 2 is 1.36 bits per heavy atom. The Hall–Kier alpha value is -1.55. The predicted molar refractivity (Wildman–Crippen MR) is 142 cm³/mol. The fourth-order valence-electron chi connectivity index (χ4n) is 4.37. The van der Waals surface area contributed by atoms with Crippen LogP contribution in [-0.2, 0) is 0 Å². The van der Waals surface area contributed by atoms with Gasteiger partial charge in [-0.05, 0) is 48.0 Å². The fraction of sp³-hybridized carbons (Fsp3) is 0.875. The number of hydrogen-bond donors (Lipinski definition) is 1. The summed E-state index contributed by atoms with van der Waals surface area (Å²) in [7, 11) is 2.00. The second kappa shape index (κ2) is 14.7. The molecule has 0 aliphatic carbocycles. The summed E-state index contributed by atoms with van der Waals surface area (Å²) in [5.41, 5.74) is 0. The number of piperazine rings is 2. The maximum absolute atomic E-state index is 4.99. The van der Waals surface area contributed by atoms with Gasteiger partial charge in [0.1, 0.15) is 0 Å². The Kier molecular flexibility index (Phi) is 12.3. The molecule has 0 aromatic rings. The van der Waals surface area contributed by atoms with Crippen LogP contribution in [0, 0.1) is 0 Å². The third kappa shape index (κ3) is 8.96. The molecule has 0 aromatic carbocycles. The number of nitrogens with zero attached hydrogens (tertiary/aromatic N) is 8. The zero-order valence-corrected chi connectivity index (χ0v) is 22.1. The highest BCUT2D eigenvalue weighted by molar-refractivity contribution is 5.96. The SMILES string of the molecule is C=N/C(=N\C(=NCCN(CC)CCNC)N1CCN(C(C)C)CC1)N1CCN(C(C)C)CC1. The summed E-state index contributed by atoms with van der Waals surface area (Å²) in [5.74, 6) is 1.53. The van der Waals surface area contributed by atoms with Crippen molar-refractivity contribution in [1.82, 2.24) is 29.8 Å². The monoisotopic (exact) mass is 463 g/mol. The number of hydrogen-bond acceptors (Lipinski definition) is 5. The van der Waals surface area contributed by atoms with Crippen LogP contribution in [0.2, 0.25) is 0 Å². The van der Waals surface area contributed by atoms with E-state index in [1.807, 2.05) is 7.05 Å². The van der Waals surface area contributed by atoms with Crippen molar-refractivity contribution in [3.05, 3.63) is 0 Å². The lowest BCUT2D eigenvalue weighted by Gasteiger charge is -2.39. The lowest BCUT2D eigenvalue weighted by Crippen LogP contribution is -2.52. The molecule has 0 radical (unpaired) electrons. The zero-order valence-electron chi connectivity index (χ0n) is 22.1. The highest BCUT2D eigenvalue weighted by Crippen LogP contribution is 2.11. The van der Waals surface area contributed by atoms with Crippen LogP contribution in [-0.4, -0.2) is 147 Å². The van der Waals surface area contributed by atoms with E-state index in [4.69, 9.17) is 9.98 Å². The first-order chi connectivity index (χ1) is 15.9. The molecule has 2 rings (SSSR count). The van der Waals surface area contributed by atoms with Crippen LogP contribution in [0.15, 0.2) is 15.0 Å². The van der Waals surface area contributed by atoms with Gasteiger partial charge < -0.3 is 20.0 Å². The van der Waals surface area contributed by atoms with Gasteiger partial charge in [0.25, 0.3) is 0 Å². The number of aliphatic imine (C=N–C) groups is 3. The molecule has 2 saturated heterocycles. The lowest BCUT2D eigenvalue weighted by molar-refractivity contribution is 0.145. The summed E-state index contributed by atoms with van der Waals surface area (Å²) in [6.07, 6.45) is 0. The highest BCUT2D eigenvalue weighted by atomic mass is 15.4. The Balaban J connectivity index is 2.12. The maximum atomic E-state index is 4.99. The first-order valence-corrected chi connectivity index (χ1v) is 12.8. The minimum atomic E-state index is 0.572. The molecule has 0 bridgehead atoms. The van der Waals surface area contributed by atoms with E-state index in [2.05, 4.69) is 76.1 Å². The van der Waals surface area contributed by atoms with Crippen molar-refractivity contribution in [2.45, 2.75) is 46.7 Å². The van der Waals surface area contributed by atoms with Crippen molar-refractivity contribution >= 4 is 18.6 Å². The molecule has 0 atom stereocenters. The van der Waals surface area contributed by atoms with Gasteiger partial charge in [0.05, 0.1) is 6.54 Å². The van der Waals surface area contributed by atoms with Crippen molar-refractivity contribution < 1.29 is 0 Å². The molecule has 33 heavy (non-hydrogen) atoms. The van der Waals surface area contributed by atoms with E-state index in [1.165, 1.54) is 0 Å². The standard InChI is InChI=1S/C24H49N9/c1-8-29(11-9-25-6)12-10-27-24(33-19-15-31(16-20-33)22(4)5)28-23(26-7)32-17-13-30(14-18-32)21(2)3/h21-22,25H,7-20H2,1-6H3/b27-24?,28-23+. The van der Waals surface area contributed by atoms with Gasteiger partial charge in [0.15, 0.2) is 0 Å². The number of likely N-dealkylation sites (N-methyl/N-ethyl adjacent to an activating group) is 2. The van der Waals surface area contributed by atoms with E-state index in [0.29, 0.717) is 18.0 Å². The summed E-state index contributed by atoms with van der Waals surface area (Å²) < 4.78 is 0. The molecule has 0 unspecified atom stereocenters. The highest BCUT2D eigenvalue weighted by Gasteiger charge is 2.24. The summed E-state index contributed by atoms with van der Waals surface area (Å²) >= 11 is 0. The second-order valence-corrected chi connectivity index (χ2v) is 9.52. The lowest BCUT2D eigenvalue weighted by atomic mass is 10.2. The van der Waals surface area contributed by atoms with Gasteiger partial charge in [-0.3, -0.25) is 9.80 Å². The van der Waals surface area contributed by atoms with Gasteiger partial charge >= 0.3 is 0 Å². The van der Waals surface area contributed by atoms with E-state index in [0.717, 1.165) is 91.0 Å². The van der Waals surface area contributed by atoms with Gasteiger partial charge in [-0.1, -0.05) is 6.92 Å². The van der Waals surface area contributed by atoms with Crippen molar-refractivity contribution in [3.8, 4) is 0 Å². The molecule has 9 heteroatoms. The summed E-state index contributed by atoms with van der Waals surface area (Å²) in [6, 6.07) is 1.15. The molecule has 2 heterocycles. The van der Waals surface area contributed by atoms with E-state index in [1.54, 1.807) is 0 Å². The molecule has 1 N–H and O–H groups in total. The van der Waals surface area contributed by atoms with Gasteiger partial charge in [0.2, 0.25) is 11.9 Å². The third-order valence-corrected chi connectivity index (χ3v) is 6.79. The van der Waals surface area contributed by atoms with Crippen molar-refractivity contribution in [1.29, 1.82) is 0 Å². The van der Waals surface area contributed by atoms with Gasteiger partial charge in [-0.2, -0.15) is 4.99 Å². The van der Waals surface area contributed by atoms with Crippen LogP contribution in [0.4, 0.5) is 0 Å². The topological polar surface area (TPSA) is 65.3 Å². The Labute approximate surface area is 202 Å². The van der Waals surface area contributed by atoms with Crippen LogP contribution in [0.25, 0.3) is 0 Å². The molecule has 0 spiro atoms. The first-order valence-electron chi connectivity index (χ1n) is 12.8. The normalized spacial score (nSPS) is 19.9. The summed E-state index contributed by atoms with van der Waals surface area (Å²) in [6.45, 7) is 27.7. The van der Waals surface area contributed by atoms with Crippen LogP contribution >= 0.6 is 0 Å². The minimum absolute atomic E-state index is 0.572. The Morgan fingerprint density at radius 1 is 0.848 bits per heavy atom. The van der Waals surface area contributed by atoms with E-state index in [-0.39, 0.29) is 0 Å². The molecular weight excluding hydrogens is 414 g/mol. The molecule has 0 saturated carbocycles. The Bertz CT molecular complexity index is 615. The quantitative estimate of drug-likeness (QED) is 0.406. The zero-order chi connectivity index (χ0) is 24.2. The fourth-order valence-corrected chi connectivity index (χ4v) is 4.37. The summed E-state index contributed by atoms with van der Waals surface area (Å²) in [4.78, 5) is 26.3. The van der Waals surface area contributed by atoms with Gasteiger partial charge in [-0.25, -0.2) is 9.98 Å². The van der Waals surface area contributed by atoms with E-state index < -0.39 is 0 Å². The van der Waals surface area contributed by atoms with E-state index >= 15 is 0 Å². The van der Waals surface area contributed by atoms with Crippen LogP contribution < -0.4 is 5.32 Å². The third-order valence-electron chi connectivity index (χ3n) is 6.79. The number of guanidine groups is 2.